The van der Waals surface area contributed by atoms with Gasteiger partial charge in [-0.1, -0.05) is 0 Å². The fraction of sp³-hybridized carbons (Fsp3) is 0. The van der Waals surface area contributed by atoms with Gasteiger partial charge in [-0.3, -0.25) is 0 Å². The van der Waals surface area contributed by atoms with E-state index in [-0.39, 0.29) is 41.9 Å². The topological polar surface area (TPSA) is 23.8 Å². The van der Waals surface area contributed by atoms with E-state index in [0.29, 0.717) is 0 Å². The van der Waals surface area contributed by atoms with E-state index in [1.54, 1.807) is 0 Å². The van der Waals surface area contributed by atoms with Crippen molar-refractivity contribution in [3.63, 3.8) is 0 Å². The molecule has 0 N–H and O–H groups in total. The van der Waals surface area contributed by atoms with Gasteiger partial charge < -0.3 is 0 Å². The van der Waals surface area contributed by atoms with E-state index in [2.05, 4.69) is 0 Å². The smallest absolute Gasteiger partial charge is 1.00 e. The Balaban J connectivity index is 0. The van der Waals surface area contributed by atoms with Crippen LogP contribution in [0.15, 0.2) is 0 Å². The Hall–Kier alpha value is 1.70. The van der Waals surface area contributed by atoms with Gasteiger partial charge in [0.1, 0.15) is 0 Å². The molecule has 0 radical (unpaired) electrons. The van der Waals surface area contributed by atoms with Gasteiger partial charge in [0.05, 0.1) is 0 Å². The summed E-state index contributed by atoms with van der Waals surface area (Å²) in [6.07, 6.45) is 0. The Morgan fingerprint density at radius 2 is 2.00 bits per heavy atom. The van der Waals surface area contributed by atoms with Crippen molar-refractivity contribution in [1.29, 1.82) is 5.26 Å². The quantitative estimate of drug-likeness (QED) is 0.427. The Bertz CT molecular complexity index is 41.4. The summed E-state index contributed by atoms with van der Waals surface area (Å²) < 4.78 is 0. The molecule has 4 heteroatoms. The molecule has 0 rings (SSSR count). The third-order valence-electron chi connectivity index (χ3n) is 0.0289. The van der Waals surface area contributed by atoms with Gasteiger partial charge >= 0.3 is 69.8 Å². The maximum Gasteiger partial charge on any atom is 1.00 e. The molecule has 0 aromatic rings. The molecule has 0 fully saturated rings. The van der Waals surface area contributed by atoms with Gasteiger partial charge in [-0.15, -0.1) is 0 Å². The molecule has 0 bridgehead atoms. The molecule has 0 heterocycles. The maximum absolute atomic E-state index is 7.65. The van der Waals surface area contributed by atoms with Crippen LogP contribution in [0.25, 0.3) is 0 Å². The first-order valence-corrected chi connectivity index (χ1v) is 6.78. The molecule has 0 aliphatic rings. The summed E-state index contributed by atoms with van der Waals surface area (Å²) in [5.41, 5.74) is 0. The van der Waals surface area contributed by atoms with Crippen LogP contribution in [-0.2, 0) is 17.7 Å². The van der Waals surface area contributed by atoms with Crippen molar-refractivity contribution in [2.24, 2.45) is 0 Å². The molecule has 0 unspecified atom stereocenters. The van der Waals surface area contributed by atoms with Crippen LogP contribution in [0.5, 0.6) is 0 Å². The molecule has 0 aromatic heterocycles. The van der Waals surface area contributed by atoms with Crippen molar-refractivity contribution < 1.29 is 47.3 Å². The summed E-state index contributed by atoms with van der Waals surface area (Å²) >= 11 is 2.23. The minimum atomic E-state index is 0. The Labute approximate surface area is 68.8 Å². The van der Waals surface area contributed by atoms with Crippen molar-refractivity contribution in [2.75, 3.05) is 0 Å². The zero-order valence-electron chi connectivity index (χ0n) is 2.67. The van der Waals surface area contributed by atoms with Crippen molar-refractivity contribution >= 4 is 12.3 Å². The van der Waals surface area contributed by atoms with Gasteiger partial charge in [-0.2, -0.15) is 0 Å². The fourth-order valence-electron chi connectivity index (χ4n) is 0. The Kier molecular flexibility index (Phi) is 18.1. The molecule has 0 spiro atoms. The van der Waals surface area contributed by atoms with Crippen molar-refractivity contribution in [2.45, 2.75) is 0 Å². The third-order valence-corrected chi connectivity index (χ3v) is 1.23. The summed E-state index contributed by atoms with van der Waals surface area (Å²) in [5.74, 6) is 0. The predicted octanol–water partition coefficient (Wildman–Crippen LogP) is -3.36. The normalized spacial score (nSPS) is 4.20. The monoisotopic (exact) mass is 324 g/mol. The van der Waals surface area contributed by atoms with Crippen molar-refractivity contribution in [1.82, 2.24) is 0 Å². The standard InChI is InChI=1S/CHNSe.Na.Pt/c2-1-3;;/h3H;;/q;+1;/p-1. The molecule has 26 valence electrons. The van der Waals surface area contributed by atoms with Gasteiger partial charge in [-0.25, -0.2) is 0 Å². The first-order chi connectivity index (χ1) is 1.91. The van der Waals surface area contributed by atoms with Crippen LogP contribution in [0.4, 0.5) is 0 Å². The summed E-state index contributed by atoms with van der Waals surface area (Å²) in [7, 11) is 0. The largest absolute Gasteiger partial charge is 1.00 e. The second kappa shape index (κ2) is 9.20. The SMILES string of the molecule is N#C[Se][Pt-].[Na+]. The van der Waals surface area contributed by atoms with Gasteiger partial charge in [0.15, 0.2) is 0 Å². The first-order valence-electron chi connectivity index (χ1n) is 0.557. The van der Waals surface area contributed by atoms with Crippen LogP contribution in [-0.4, -0.2) is 12.3 Å². The second-order valence-corrected chi connectivity index (χ2v) is 3.22. The minimum absolute atomic E-state index is 0. The number of nitrogens with zero attached hydrogens (tertiary/aromatic N) is 1. The van der Waals surface area contributed by atoms with E-state index in [4.69, 9.17) is 5.26 Å². The summed E-state index contributed by atoms with van der Waals surface area (Å²) in [6.45, 7) is 0. The van der Waals surface area contributed by atoms with E-state index in [9.17, 15) is 0 Å². The average molecular weight is 323 g/mol. The summed E-state index contributed by atoms with van der Waals surface area (Å²) in [4.78, 5) is 1.98. The van der Waals surface area contributed by atoms with Gasteiger partial charge in [0.25, 0.3) is 0 Å². The Morgan fingerprint density at radius 3 is 2.00 bits per heavy atom. The molecule has 0 aliphatic heterocycles. The Morgan fingerprint density at radius 1 is 1.80 bits per heavy atom. The zero-order chi connectivity index (χ0) is 3.41. The van der Waals surface area contributed by atoms with Gasteiger partial charge in [0, 0.05) is 0 Å². The minimum Gasteiger partial charge on any atom is 1.00 e. The van der Waals surface area contributed by atoms with Gasteiger partial charge in [0.2, 0.25) is 0 Å². The molecule has 0 atom stereocenters. The van der Waals surface area contributed by atoms with Crippen LogP contribution in [0.1, 0.15) is 0 Å². The number of rotatable bonds is 0. The van der Waals surface area contributed by atoms with Crippen LogP contribution in [0.3, 0.4) is 0 Å². The predicted molar refractivity (Wildman–Crippen MR) is 11.4 cm³/mol. The van der Waals surface area contributed by atoms with Crippen LogP contribution in [0.2, 0.25) is 0 Å². The van der Waals surface area contributed by atoms with E-state index >= 15 is 0 Å². The first kappa shape index (κ1) is 9.85. The molecule has 0 saturated carbocycles. The van der Waals surface area contributed by atoms with Crippen LogP contribution >= 0.6 is 0 Å². The number of nitriles is 1. The molecule has 1 nitrogen and oxygen atoms in total. The van der Waals surface area contributed by atoms with E-state index < -0.39 is 0 Å². The molecule has 0 amide bonds. The second-order valence-electron chi connectivity index (χ2n) is 0.156. The third kappa shape index (κ3) is 10.7. The van der Waals surface area contributed by atoms with E-state index in [1.165, 1.54) is 0 Å². The summed E-state index contributed by atoms with van der Waals surface area (Å²) in [5, 5.41) is 7.65. The average Bonchev–Trinajstić information content (AvgIpc) is 1.37. The van der Waals surface area contributed by atoms with Crippen molar-refractivity contribution in [3.8, 4) is 4.97 Å². The van der Waals surface area contributed by atoms with Crippen molar-refractivity contribution in [3.05, 3.63) is 0 Å². The molecular formula is CNNaPtSe. The molecular weight excluding hydrogens is 323 g/mol. The van der Waals surface area contributed by atoms with E-state index in [1.807, 2.05) is 22.7 Å². The fourth-order valence-corrected chi connectivity index (χ4v) is 0. The molecule has 0 saturated heterocycles. The number of hydrogen-bond donors (Lipinski definition) is 0. The van der Waals surface area contributed by atoms with Gasteiger partial charge in [-0.05, 0) is 0 Å². The van der Waals surface area contributed by atoms with Crippen LogP contribution < -0.4 is 29.6 Å². The van der Waals surface area contributed by atoms with Crippen LogP contribution in [0, 0.1) is 10.2 Å². The zero-order valence-corrected chi connectivity index (χ0v) is 8.66. The molecule has 0 aliphatic carbocycles. The number of hydrogen-bond acceptors (Lipinski definition) is 1. The maximum atomic E-state index is 7.65. The molecule has 0 aromatic carbocycles. The van der Waals surface area contributed by atoms with E-state index in [0.717, 1.165) is 0 Å². The summed E-state index contributed by atoms with van der Waals surface area (Å²) in [6, 6.07) is 0. The molecule has 5 heavy (non-hydrogen) atoms.